The number of carbonyl (C=O) groups is 1. The maximum atomic E-state index is 13.1. The van der Waals surface area contributed by atoms with Crippen molar-refractivity contribution >= 4 is 28.8 Å². The van der Waals surface area contributed by atoms with Crippen LogP contribution in [0.2, 0.25) is 0 Å². The van der Waals surface area contributed by atoms with Gasteiger partial charge in [-0.3, -0.25) is 4.79 Å². The normalized spacial score (nSPS) is 12.6. The van der Waals surface area contributed by atoms with Crippen molar-refractivity contribution in [1.29, 1.82) is 0 Å². The summed E-state index contributed by atoms with van der Waals surface area (Å²) in [4.78, 5) is 25.7. The fourth-order valence-corrected chi connectivity index (χ4v) is 3.42. The SMILES string of the molecule is Cc1nc(Nc2ccc(N(C)C)cc2)cc(C(=O)N2CCc3ccccc32)n1. The van der Waals surface area contributed by atoms with Crippen LogP contribution in [0.25, 0.3) is 0 Å². The van der Waals surface area contributed by atoms with E-state index in [4.69, 9.17) is 0 Å². The molecule has 0 unspecified atom stereocenters. The summed E-state index contributed by atoms with van der Waals surface area (Å²) < 4.78 is 0. The van der Waals surface area contributed by atoms with Gasteiger partial charge in [-0.25, -0.2) is 9.97 Å². The van der Waals surface area contributed by atoms with E-state index in [1.165, 1.54) is 5.56 Å². The van der Waals surface area contributed by atoms with Crippen LogP contribution >= 0.6 is 0 Å². The van der Waals surface area contributed by atoms with Crippen LogP contribution in [-0.2, 0) is 6.42 Å². The molecule has 0 aliphatic carbocycles. The molecule has 1 aromatic heterocycles. The first-order valence-electron chi connectivity index (χ1n) is 9.31. The Labute approximate surface area is 164 Å². The lowest BCUT2D eigenvalue weighted by atomic mass is 10.2. The second-order valence-corrected chi connectivity index (χ2v) is 7.09. The van der Waals surface area contributed by atoms with Crippen molar-refractivity contribution in [2.45, 2.75) is 13.3 Å². The number of aromatic nitrogens is 2. The number of hydrogen-bond acceptors (Lipinski definition) is 5. The molecule has 4 rings (SSSR count). The van der Waals surface area contributed by atoms with Gasteiger partial charge < -0.3 is 15.1 Å². The number of amides is 1. The zero-order valence-corrected chi connectivity index (χ0v) is 16.3. The molecule has 0 spiro atoms. The van der Waals surface area contributed by atoms with E-state index in [1.807, 2.05) is 61.5 Å². The first-order valence-corrected chi connectivity index (χ1v) is 9.31. The quantitative estimate of drug-likeness (QED) is 0.754. The van der Waals surface area contributed by atoms with Crippen LogP contribution in [-0.4, -0.2) is 36.5 Å². The molecule has 6 heteroatoms. The van der Waals surface area contributed by atoms with Crippen molar-refractivity contribution in [3.63, 3.8) is 0 Å². The summed E-state index contributed by atoms with van der Waals surface area (Å²) >= 11 is 0. The fraction of sp³-hybridized carbons (Fsp3) is 0.227. The molecule has 142 valence electrons. The van der Waals surface area contributed by atoms with Crippen molar-refractivity contribution in [3.05, 3.63) is 71.7 Å². The molecule has 0 bridgehead atoms. The Morgan fingerprint density at radius 2 is 1.82 bits per heavy atom. The second-order valence-electron chi connectivity index (χ2n) is 7.09. The largest absolute Gasteiger partial charge is 0.378 e. The van der Waals surface area contributed by atoms with E-state index in [2.05, 4.69) is 21.4 Å². The number of rotatable bonds is 4. The first-order chi connectivity index (χ1) is 13.5. The van der Waals surface area contributed by atoms with E-state index in [0.717, 1.165) is 23.5 Å². The maximum Gasteiger partial charge on any atom is 0.277 e. The summed E-state index contributed by atoms with van der Waals surface area (Å²) in [6, 6.07) is 17.8. The van der Waals surface area contributed by atoms with Crippen molar-refractivity contribution in [2.75, 3.05) is 35.8 Å². The molecule has 1 aliphatic rings. The highest BCUT2D eigenvalue weighted by Crippen LogP contribution is 2.29. The van der Waals surface area contributed by atoms with Crippen LogP contribution < -0.4 is 15.1 Å². The number of nitrogens with one attached hydrogen (secondary N) is 1. The van der Waals surface area contributed by atoms with Crippen molar-refractivity contribution in [3.8, 4) is 0 Å². The summed E-state index contributed by atoms with van der Waals surface area (Å²) in [5.74, 6) is 1.08. The van der Waals surface area contributed by atoms with E-state index in [9.17, 15) is 4.79 Å². The summed E-state index contributed by atoms with van der Waals surface area (Å²) in [6.45, 7) is 2.48. The van der Waals surface area contributed by atoms with Crippen molar-refractivity contribution < 1.29 is 4.79 Å². The molecule has 0 radical (unpaired) electrons. The van der Waals surface area contributed by atoms with Gasteiger partial charge in [0.2, 0.25) is 0 Å². The highest BCUT2D eigenvalue weighted by molar-refractivity contribution is 6.06. The number of para-hydroxylation sites is 1. The monoisotopic (exact) mass is 373 g/mol. The smallest absolute Gasteiger partial charge is 0.277 e. The molecule has 0 saturated heterocycles. The van der Waals surface area contributed by atoms with Gasteiger partial charge in [0.25, 0.3) is 5.91 Å². The van der Waals surface area contributed by atoms with Gasteiger partial charge in [-0.1, -0.05) is 18.2 Å². The predicted molar refractivity (Wildman–Crippen MR) is 113 cm³/mol. The summed E-state index contributed by atoms with van der Waals surface area (Å²) in [5.41, 5.74) is 4.59. The van der Waals surface area contributed by atoms with Gasteiger partial charge in [0, 0.05) is 43.8 Å². The minimum atomic E-state index is -0.0959. The molecule has 6 nitrogen and oxygen atoms in total. The third-order valence-corrected chi connectivity index (χ3v) is 4.85. The summed E-state index contributed by atoms with van der Waals surface area (Å²) in [6.07, 6.45) is 0.870. The van der Waals surface area contributed by atoms with Gasteiger partial charge in [0.15, 0.2) is 0 Å². The average Bonchev–Trinajstić information content (AvgIpc) is 3.11. The molecule has 2 aromatic carbocycles. The minimum Gasteiger partial charge on any atom is -0.378 e. The minimum absolute atomic E-state index is 0.0959. The zero-order chi connectivity index (χ0) is 19.7. The molecule has 28 heavy (non-hydrogen) atoms. The Morgan fingerprint density at radius 1 is 1.07 bits per heavy atom. The number of aryl methyl sites for hydroxylation is 1. The van der Waals surface area contributed by atoms with Gasteiger partial charge in [0.05, 0.1) is 0 Å². The lowest BCUT2D eigenvalue weighted by molar-refractivity contribution is 0.0984. The Balaban J connectivity index is 1.58. The molecular formula is C22H23N5O. The molecule has 1 aliphatic heterocycles. The molecular weight excluding hydrogens is 350 g/mol. The van der Waals surface area contributed by atoms with Crippen LogP contribution in [0.15, 0.2) is 54.6 Å². The molecule has 1 N–H and O–H groups in total. The lowest BCUT2D eigenvalue weighted by Crippen LogP contribution is -2.30. The van der Waals surface area contributed by atoms with E-state index in [-0.39, 0.29) is 5.91 Å². The predicted octanol–water partition coefficient (Wildman–Crippen LogP) is 3.80. The highest BCUT2D eigenvalue weighted by Gasteiger charge is 2.26. The topological polar surface area (TPSA) is 61.4 Å². The van der Waals surface area contributed by atoms with Crippen LogP contribution in [0.3, 0.4) is 0 Å². The number of carbonyl (C=O) groups excluding carboxylic acids is 1. The Hall–Kier alpha value is -3.41. The van der Waals surface area contributed by atoms with E-state index < -0.39 is 0 Å². The van der Waals surface area contributed by atoms with Gasteiger partial charge >= 0.3 is 0 Å². The summed E-state index contributed by atoms with van der Waals surface area (Å²) in [5, 5.41) is 3.28. The number of benzene rings is 2. The average molecular weight is 373 g/mol. The van der Waals surface area contributed by atoms with Gasteiger partial charge in [-0.2, -0.15) is 0 Å². The molecule has 0 saturated carbocycles. The van der Waals surface area contributed by atoms with Crippen molar-refractivity contribution in [1.82, 2.24) is 9.97 Å². The standard InChI is InChI=1S/C22H23N5O/c1-15-23-19(22(28)27-13-12-16-6-4-5-7-20(16)27)14-21(24-15)25-17-8-10-18(11-9-17)26(2)3/h4-11,14H,12-13H2,1-3H3,(H,23,24,25). The number of anilines is 4. The van der Waals surface area contributed by atoms with Gasteiger partial charge in [-0.15, -0.1) is 0 Å². The van der Waals surface area contributed by atoms with E-state index in [0.29, 0.717) is 23.9 Å². The Morgan fingerprint density at radius 3 is 2.57 bits per heavy atom. The van der Waals surface area contributed by atoms with Crippen LogP contribution in [0, 0.1) is 6.92 Å². The Bertz CT molecular complexity index is 1010. The van der Waals surface area contributed by atoms with E-state index >= 15 is 0 Å². The maximum absolute atomic E-state index is 13.1. The van der Waals surface area contributed by atoms with E-state index in [1.54, 1.807) is 17.9 Å². The third-order valence-electron chi connectivity index (χ3n) is 4.85. The molecule has 2 heterocycles. The molecule has 1 amide bonds. The van der Waals surface area contributed by atoms with Gasteiger partial charge in [0.1, 0.15) is 17.3 Å². The molecule has 0 fully saturated rings. The Kier molecular flexibility index (Phi) is 4.69. The van der Waals surface area contributed by atoms with Crippen molar-refractivity contribution in [2.24, 2.45) is 0 Å². The number of nitrogens with zero attached hydrogens (tertiary/aromatic N) is 4. The van der Waals surface area contributed by atoms with Crippen LogP contribution in [0.4, 0.5) is 22.9 Å². The first kappa shape index (κ1) is 18.0. The van der Waals surface area contributed by atoms with Crippen LogP contribution in [0.5, 0.6) is 0 Å². The van der Waals surface area contributed by atoms with Crippen LogP contribution in [0.1, 0.15) is 21.9 Å². The zero-order valence-electron chi connectivity index (χ0n) is 16.3. The summed E-state index contributed by atoms with van der Waals surface area (Å²) in [7, 11) is 4.01. The second kappa shape index (κ2) is 7.31. The number of fused-ring (bicyclic) bond motifs is 1. The molecule has 0 atom stereocenters. The fourth-order valence-electron chi connectivity index (χ4n) is 3.42. The highest BCUT2D eigenvalue weighted by atomic mass is 16.2. The van der Waals surface area contributed by atoms with Gasteiger partial charge in [-0.05, 0) is 49.2 Å². The number of hydrogen-bond donors (Lipinski definition) is 1. The molecule has 3 aromatic rings. The lowest BCUT2D eigenvalue weighted by Gasteiger charge is -2.17. The third kappa shape index (κ3) is 3.53.